The van der Waals surface area contributed by atoms with E-state index >= 15 is 0 Å². The Hall–Kier alpha value is -2.80. The molecular weight excluding hydrogens is 853 g/mol. The van der Waals surface area contributed by atoms with Crippen LogP contribution in [0.5, 0.6) is 0 Å². The highest BCUT2D eigenvalue weighted by molar-refractivity contribution is 5.70. The molecule has 0 aliphatic carbocycles. The van der Waals surface area contributed by atoms with E-state index in [0.29, 0.717) is 12.8 Å². The summed E-state index contributed by atoms with van der Waals surface area (Å²) in [7, 11) is 0. The van der Waals surface area contributed by atoms with E-state index in [1.807, 2.05) is 0 Å². The summed E-state index contributed by atoms with van der Waals surface area (Å²) in [6.07, 6.45) is 25.3. The smallest absolute Gasteiger partial charge is 0.306 e. The molecule has 0 spiro atoms. The SMILES string of the molecule is CC/C=C\C/C=C\C/C=C\CCCCCCCC(=O)OC[C@@H](CO[C@@H]1O[C@H](CO[C@H]2O[C@H](CO)[C@H](O)[C@H](O)[C@H]2O)[C@H](O)[C@H](O)[C@H]1O)OC(=O)CCCCCCC/C=C\C/C=C\CCCCC. The van der Waals surface area contributed by atoms with Gasteiger partial charge in [0.25, 0.3) is 0 Å². The first-order valence-corrected chi connectivity index (χ1v) is 24.9. The zero-order valence-electron chi connectivity index (χ0n) is 39.9. The van der Waals surface area contributed by atoms with Crippen LogP contribution in [-0.4, -0.2) is 142 Å². The van der Waals surface area contributed by atoms with Crippen LogP contribution >= 0.6 is 0 Å². The average molecular weight is 939 g/mol. The minimum atomic E-state index is -1.77. The van der Waals surface area contributed by atoms with Crippen molar-refractivity contribution in [3.8, 4) is 0 Å². The zero-order chi connectivity index (χ0) is 48.2. The van der Waals surface area contributed by atoms with Crippen LogP contribution in [0.15, 0.2) is 60.8 Å². The molecular formula is C51H86O15. The van der Waals surface area contributed by atoms with E-state index in [1.54, 1.807) is 0 Å². The number of aliphatic hydroxyl groups is 7. The lowest BCUT2D eigenvalue weighted by atomic mass is 9.98. The quantitative estimate of drug-likeness (QED) is 0.0201. The first-order chi connectivity index (χ1) is 32.0. The number of rotatable bonds is 37. The molecule has 0 aromatic heterocycles. The standard InChI is InChI=1S/C51H86O15/c1-3-5-7-9-11-13-15-17-19-21-23-25-27-29-31-33-42(53)61-36-39(64-43(54)34-32-30-28-26-24-22-20-18-16-14-12-10-8-6-4-2)37-62-50-49(60)47(58)45(56)41(66-50)38-63-51-48(59)46(57)44(55)40(35-52)65-51/h5,7,11-14,17-20,39-41,44-52,55-60H,3-4,6,8-10,15-16,21-38H2,1-2H3/b7-5-,13-11-,14-12-,19-17-,20-18-/t39-,40+,41+,44-,45-,46-,47-,48+,49+,50+,51-/m0/s1. The van der Waals surface area contributed by atoms with Gasteiger partial charge in [-0.05, 0) is 77.0 Å². The third kappa shape index (κ3) is 26.1. The van der Waals surface area contributed by atoms with E-state index in [0.717, 1.165) is 96.3 Å². The summed E-state index contributed by atoms with van der Waals surface area (Å²) in [4.78, 5) is 25.7. The largest absolute Gasteiger partial charge is 0.462 e. The number of carbonyl (C=O) groups is 2. The molecule has 15 nitrogen and oxygen atoms in total. The second-order valence-electron chi connectivity index (χ2n) is 17.3. The van der Waals surface area contributed by atoms with E-state index < -0.39 is 99.3 Å². The van der Waals surface area contributed by atoms with Crippen molar-refractivity contribution in [3.63, 3.8) is 0 Å². The number of aliphatic hydroxyl groups excluding tert-OH is 7. The molecule has 66 heavy (non-hydrogen) atoms. The van der Waals surface area contributed by atoms with Gasteiger partial charge in [-0.2, -0.15) is 0 Å². The van der Waals surface area contributed by atoms with Crippen molar-refractivity contribution in [1.29, 1.82) is 0 Å². The van der Waals surface area contributed by atoms with Crippen LogP contribution in [0.25, 0.3) is 0 Å². The zero-order valence-corrected chi connectivity index (χ0v) is 39.9. The number of hydrogen-bond donors (Lipinski definition) is 7. The lowest BCUT2D eigenvalue weighted by Crippen LogP contribution is -2.61. The van der Waals surface area contributed by atoms with Crippen LogP contribution < -0.4 is 0 Å². The van der Waals surface area contributed by atoms with Crippen molar-refractivity contribution in [3.05, 3.63) is 60.8 Å². The predicted octanol–water partition coefficient (Wildman–Crippen LogP) is 6.49. The molecule has 2 rings (SSSR count). The molecule has 0 aromatic rings. The van der Waals surface area contributed by atoms with Gasteiger partial charge in [0.1, 0.15) is 55.4 Å². The van der Waals surface area contributed by atoms with Gasteiger partial charge < -0.3 is 64.2 Å². The number of carbonyl (C=O) groups excluding carboxylic acids is 2. The molecule has 7 N–H and O–H groups in total. The Kier molecular flexibility index (Phi) is 34.2. The van der Waals surface area contributed by atoms with Gasteiger partial charge in [0.05, 0.1) is 19.8 Å². The minimum absolute atomic E-state index is 0.142. The van der Waals surface area contributed by atoms with Gasteiger partial charge in [-0.25, -0.2) is 0 Å². The summed E-state index contributed by atoms with van der Waals surface area (Å²) in [5, 5.41) is 72.0. The van der Waals surface area contributed by atoms with Crippen molar-refractivity contribution in [1.82, 2.24) is 0 Å². The Morgan fingerprint density at radius 3 is 1.50 bits per heavy atom. The number of ether oxygens (including phenoxy) is 6. The summed E-state index contributed by atoms with van der Waals surface area (Å²) in [6.45, 7) is 2.40. The normalized spacial score (nSPS) is 26.7. The summed E-state index contributed by atoms with van der Waals surface area (Å²) >= 11 is 0. The molecule has 0 bridgehead atoms. The molecule has 2 aliphatic heterocycles. The Morgan fingerprint density at radius 1 is 0.500 bits per heavy atom. The number of allylic oxidation sites excluding steroid dienone is 10. The van der Waals surface area contributed by atoms with Gasteiger partial charge in [-0.1, -0.05) is 126 Å². The number of hydrogen-bond acceptors (Lipinski definition) is 15. The predicted molar refractivity (Wildman–Crippen MR) is 252 cm³/mol. The van der Waals surface area contributed by atoms with Crippen molar-refractivity contribution in [2.45, 2.75) is 223 Å². The van der Waals surface area contributed by atoms with Gasteiger partial charge in [0, 0.05) is 12.8 Å². The van der Waals surface area contributed by atoms with Crippen LogP contribution in [0.1, 0.15) is 155 Å². The summed E-state index contributed by atoms with van der Waals surface area (Å²) in [5.74, 6) is -0.966. The second kappa shape index (κ2) is 38.1. The van der Waals surface area contributed by atoms with Crippen molar-refractivity contribution >= 4 is 11.9 Å². The lowest BCUT2D eigenvalue weighted by molar-refractivity contribution is -0.332. The summed E-state index contributed by atoms with van der Waals surface area (Å²) < 4.78 is 33.5. The monoisotopic (exact) mass is 939 g/mol. The number of unbranched alkanes of at least 4 members (excludes halogenated alkanes) is 13. The fourth-order valence-electron chi connectivity index (χ4n) is 7.38. The molecule has 0 saturated carbocycles. The molecule has 0 unspecified atom stereocenters. The number of esters is 2. The third-order valence-corrected chi connectivity index (χ3v) is 11.5. The highest BCUT2D eigenvalue weighted by Crippen LogP contribution is 2.26. The molecule has 0 radical (unpaired) electrons. The van der Waals surface area contributed by atoms with E-state index in [9.17, 15) is 45.3 Å². The van der Waals surface area contributed by atoms with E-state index in [1.165, 1.54) is 19.3 Å². The van der Waals surface area contributed by atoms with Crippen molar-refractivity contribution in [2.24, 2.45) is 0 Å². The van der Waals surface area contributed by atoms with E-state index in [4.69, 9.17) is 28.4 Å². The van der Waals surface area contributed by atoms with Gasteiger partial charge in [0.2, 0.25) is 0 Å². The van der Waals surface area contributed by atoms with Crippen LogP contribution in [0.4, 0.5) is 0 Å². The Bertz CT molecular complexity index is 1380. The van der Waals surface area contributed by atoms with Gasteiger partial charge in [0.15, 0.2) is 18.7 Å². The lowest BCUT2D eigenvalue weighted by Gasteiger charge is -2.42. The maximum absolute atomic E-state index is 13.0. The van der Waals surface area contributed by atoms with Gasteiger partial charge >= 0.3 is 11.9 Å². The molecule has 2 heterocycles. The summed E-state index contributed by atoms with van der Waals surface area (Å²) in [5.41, 5.74) is 0. The van der Waals surface area contributed by atoms with Crippen LogP contribution in [0, 0.1) is 0 Å². The maximum Gasteiger partial charge on any atom is 0.306 e. The van der Waals surface area contributed by atoms with Crippen LogP contribution in [-0.2, 0) is 38.0 Å². The van der Waals surface area contributed by atoms with Crippen LogP contribution in [0.2, 0.25) is 0 Å². The fourth-order valence-corrected chi connectivity index (χ4v) is 7.38. The molecule has 2 fully saturated rings. The first-order valence-electron chi connectivity index (χ1n) is 24.9. The molecule has 2 aliphatic rings. The minimum Gasteiger partial charge on any atom is -0.462 e. The maximum atomic E-state index is 13.0. The molecule has 11 atom stereocenters. The second-order valence-corrected chi connectivity index (χ2v) is 17.3. The van der Waals surface area contributed by atoms with E-state index in [-0.39, 0.29) is 19.4 Å². The molecule has 2 saturated heterocycles. The van der Waals surface area contributed by atoms with Gasteiger partial charge in [-0.3, -0.25) is 9.59 Å². The highest BCUT2D eigenvalue weighted by Gasteiger charge is 2.47. The van der Waals surface area contributed by atoms with Crippen molar-refractivity contribution < 1.29 is 73.8 Å². The topological polar surface area (TPSA) is 231 Å². The third-order valence-electron chi connectivity index (χ3n) is 11.5. The van der Waals surface area contributed by atoms with Crippen molar-refractivity contribution in [2.75, 3.05) is 26.4 Å². The Balaban J connectivity index is 1.84. The fraction of sp³-hybridized carbons (Fsp3) is 0.765. The molecule has 0 aromatic carbocycles. The molecule has 15 heteroatoms. The van der Waals surface area contributed by atoms with Gasteiger partial charge in [-0.15, -0.1) is 0 Å². The van der Waals surface area contributed by atoms with E-state index in [2.05, 4.69) is 74.6 Å². The Labute approximate surface area is 394 Å². The van der Waals surface area contributed by atoms with Crippen LogP contribution in [0.3, 0.4) is 0 Å². The highest BCUT2D eigenvalue weighted by atomic mass is 16.7. The average Bonchev–Trinajstić information content (AvgIpc) is 3.31. The first kappa shape index (κ1) is 59.3. The molecule has 380 valence electrons. The summed E-state index contributed by atoms with van der Waals surface area (Å²) in [6, 6.07) is 0. The molecule has 0 amide bonds. The Morgan fingerprint density at radius 2 is 0.955 bits per heavy atom.